The molecule has 5 atom stereocenters. The van der Waals surface area contributed by atoms with Crippen molar-refractivity contribution in [2.75, 3.05) is 13.1 Å². The molecule has 1 aromatic heterocycles. The minimum Gasteiger partial charge on any atom is -0.444 e. The number of likely N-dealkylation sites (tertiary alicyclic amines) is 1. The zero-order chi connectivity index (χ0) is 38.2. The second kappa shape index (κ2) is 14.5. The first-order chi connectivity index (χ1) is 24.2. The Balaban J connectivity index is 1.39. The Labute approximate surface area is 308 Å². The van der Waals surface area contributed by atoms with Gasteiger partial charge in [0.25, 0.3) is 15.9 Å². The molecule has 1 aromatic carbocycles. The van der Waals surface area contributed by atoms with E-state index in [0.717, 1.165) is 22.5 Å². The number of thiophene rings is 1. The van der Waals surface area contributed by atoms with Crippen LogP contribution < -0.4 is 15.4 Å². The average Bonchev–Trinajstić information content (AvgIpc) is 3.36. The zero-order valence-corrected chi connectivity index (χ0v) is 31.9. The number of sulfonamides is 1. The summed E-state index contributed by atoms with van der Waals surface area (Å²) in [5.74, 6) is -2.91. The molecule has 2 aromatic rings. The number of alkyl carbamates (subject to hydrolysis) is 1. The minimum absolute atomic E-state index is 0.0711. The van der Waals surface area contributed by atoms with Crippen LogP contribution in [0.2, 0.25) is 0 Å². The van der Waals surface area contributed by atoms with Crippen LogP contribution in [0.4, 0.5) is 9.59 Å². The molecule has 1 saturated heterocycles. The summed E-state index contributed by atoms with van der Waals surface area (Å²) in [6, 6.07) is 8.28. The molecule has 3 aliphatic rings. The summed E-state index contributed by atoms with van der Waals surface area (Å²) in [7, 11) is -4.22. The standard InChI is InChI=1S/C36H47N5O9S2/c1-8-24-19-36(24,31(44)39-52(47,48)27-14-11-17-51-27)38-29(42)26-18-25(49-33(46)40-16-15-22-12-9-10-13-23(22)20-40)21-41(26)30(43)28(34(2,3)4)37-32(45)50-35(5,6)7/h8-14,17,24-26,28H,1,15-16,18-21H2,2-7H3,(H,37,45)(H,38,42)(H,39,44)/t24?,25-,26+,28-,36-/m1/s1. The number of nitrogens with one attached hydrogen (secondary N) is 3. The molecule has 3 N–H and O–H groups in total. The van der Waals surface area contributed by atoms with Crippen LogP contribution in [0, 0.1) is 11.3 Å². The van der Waals surface area contributed by atoms with Gasteiger partial charge in [-0.25, -0.2) is 22.7 Å². The van der Waals surface area contributed by atoms with Crippen LogP contribution in [0.15, 0.2) is 58.6 Å². The summed E-state index contributed by atoms with van der Waals surface area (Å²) in [4.78, 5) is 71.3. The van der Waals surface area contributed by atoms with Crippen molar-refractivity contribution >= 4 is 51.3 Å². The van der Waals surface area contributed by atoms with Gasteiger partial charge in [-0.2, -0.15) is 0 Å². The molecule has 5 rings (SSSR count). The topological polar surface area (TPSA) is 181 Å². The third-order valence-electron chi connectivity index (χ3n) is 9.32. The molecule has 0 spiro atoms. The number of amides is 5. The number of benzene rings is 1. The van der Waals surface area contributed by atoms with Gasteiger partial charge < -0.3 is 29.9 Å². The van der Waals surface area contributed by atoms with Crippen LogP contribution >= 0.6 is 11.3 Å². The van der Waals surface area contributed by atoms with Crippen molar-refractivity contribution in [1.82, 2.24) is 25.2 Å². The van der Waals surface area contributed by atoms with E-state index in [9.17, 15) is 32.4 Å². The molecule has 14 nitrogen and oxygen atoms in total. The van der Waals surface area contributed by atoms with E-state index in [1.54, 1.807) is 51.8 Å². The third kappa shape index (κ3) is 8.60. The van der Waals surface area contributed by atoms with E-state index < -0.39 is 80.6 Å². The maximum Gasteiger partial charge on any atom is 0.410 e. The minimum atomic E-state index is -4.22. The van der Waals surface area contributed by atoms with Crippen molar-refractivity contribution in [3.8, 4) is 0 Å². The highest BCUT2D eigenvalue weighted by Gasteiger charge is 2.61. The first kappa shape index (κ1) is 38.8. The number of rotatable bonds is 9. The van der Waals surface area contributed by atoms with Gasteiger partial charge in [-0.1, -0.05) is 57.2 Å². The third-order valence-corrected chi connectivity index (χ3v) is 12.0. The fourth-order valence-corrected chi connectivity index (χ4v) is 8.53. The Hall–Kier alpha value is -4.44. The van der Waals surface area contributed by atoms with Crippen molar-refractivity contribution in [2.24, 2.45) is 11.3 Å². The Morgan fingerprint density at radius 2 is 1.73 bits per heavy atom. The highest BCUT2D eigenvalue weighted by molar-refractivity contribution is 7.92. The molecule has 1 aliphatic carbocycles. The Morgan fingerprint density at radius 3 is 2.33 bits per heavy atom. The number of nitrogens with zero attached hydrogens (tertiary/aromatic N) is 2. The maximum atomic E-state index is 14.4. The summed E-state index contributed by atoms with van der Waals surface area (Å²) in [6.45, 7) is 14.6. The van der Waals surface area contributed by atoms with E-state index in [-0.39, 0.29) is 23.6 Å². The van der Waals surface area contributed by atoms with E-state index in [0.29, 0.717) is 19.5 Å². The number of carbonyl (C=O) groups excluding carboxylic acids is 5. The first-order valence-corrected chi connectivity index (χ1v) is 19.5. The quantitative estimate of drug-likeness (QED) is 0.322. The van der Waals surface area contributed by atoms with Gasteiger partial charge in [0.05, 0.1) is 6.54 Å². The number of hydrogen-bond donors (Lipinski definition) is 3. The summed E-state index contributed by atoms with van der Waals surface area (Å²) in [5, 5.41) is 6.94. The largest absolute Gasteiger partial charge is 0.444 e. The maximum absolute atomic E-state index is 14.4. The van der Waals surface area contributed by atoms with Gasteiger partial charge in [0.15, 0.2) is 0 Å². The molecule has 282 valence electrons. The molecule has 1 unspecified atom stereocenters. The summed E-state index contributed by atoms with van der Waals surface area (Å²) >= 11 is 0.933. The van der Waals surface area contributed by atoms with Crippen LogP contribution in [-0.4, -0.2) is 90.5 Å². The molecule has 3 heterocycles. The fraction of sp³-hybridized carbons (Fsp3) is 0.528. The second-order valence-electron chi connectivity index (χ2n) is 15.5. The second-order valence-corrected chi connectivity index (χ2v) is 18.4. The Morgan fingerprint density at radius 1 is 1.04 bits per heavy atom. The summed E-state index contributed by atoms with van der Waals surface area (Å²) < 4.78 is 39.2. The van der Waals surface area contributed by atoms with Crippen LogP contribution in [0.1, 0.15) is 65.5 Å². The van der Waals surface area contributed by atoms with E-state index in [1.807, 2.05) is 24.3 Å². The lowest BCUT2D eigenvalue weighted by Gasteiger charge is -2.36. The highest BCUT2D eigenvalue weighted by Crippen LogP contribution is 2.45. The lowest BCUT2D eigenvalue weighted by molar-refractivity contribution is -0.143. The lowest BCUT2D eigenvalue weighted by atomic mass is 9.85. The van der Waals surface area contributed by atoms with Crippen molar-refractivity contribution in [3.63, 3.8) is 0 Å². The SMILES string of the molecule is C=CC1C[C@]1(NC(=O)[C@@H]1C[C@@H](OC(=O)N2CCc3ccccc3C2)CN1C(=O)[C@@H](NC(=O)OC(C)(C)C)C(C)(C)C)C(=O)NS(=O)(=O)c1cccs1. The highest BCUT2D eigenvalue weighted by atomic mass is 32.2. The van der Waals surface area contributed by atoms with Gasteiger partial charge in [-0.05, 0) is 61.6 Å². The van der Waals surface area contributed by atoms with Gasteiger partial charge in [-0.15, -0.1) is 17.9 Å². The first-order valence-electron chi connectivity index (χ1n) is 17.1. The average molecular weight is 758 g/mol. The van der Waals surface area contributed by atoms with Crippen molar-refractivity contribution in [3.05, 3.63) is 65.6 Å². The predicted molar refractivity (Wildman–Crippen MR) is 192 cm³/mol. The van der Waals surface area contributed by atoms with Gasteiger partial charge in [-0.3, -0.25) is 14.4 Å². The van der Waals surface area contributed by atoms with Gasteiger partial charge in [0.1, 0.15) is 33.5 Å². The van der Waals surface area contributed by atoms with Gasteiger partial charge in [0.2, 0.25) is 11.8 Å². The normalized spacial score (nSPS) is 23.5. The molecule has 52 heavy (non-hydrogen) atoms. The number of ether oxygens (including phenoxy) is 2. The lowest BCUT2D eigenvalue weighted by Crippen LogP contribution is -2.60. The van der Waals surface area contributed by atoms with E-state index in [2.05, 4.69) is 21.9 Å². The molecule has 1 saturated carbocycles. The molecule has 2 aliphatic heterocycles. The van der Waals surface area contributed by atoms with Gasteiger partial charge >= 0.3 is 12.2 Å². The van der Waals surface area contributed by atoms with Crippen LogP contribution in [0.3, 0.4) is 0 Å². The van der Waals surface area contributed by atoms with E-state index in [4.69, 9.17) is 9.47 Å². The monoisotopic (exact) mass is 757 g/mol. The molecule has 2 fully saturated rings. The van der Waals surface area contributed by atoms with E-state index >= 15 is 0 Å². The smallest absolute Gasteiger partial charge is 0.410 e. The van der Waals surface area contributed by atoms with Crippen molar-refractivity contribution in [1.29, 1.82) is 0 Å². The predicted octanol–water partition coefficient (Wildman–Crippen LogP) is 3.72. The molecule has 5 amide bonds. The van der Waals surface area contributed by atoms with Crippen molar-refractivity contribution < 1.29 is 41.9 Å². The molecular formula is C36H47N5O9S2. The van der Waals surface area contributed by atoms with Crippen LogP contribution in [0.5, 0.6) is 0 Å². The Bertz CT molecular complexity index is 1830. The van der Waals surface area contributed by atoms with E-state index in [1.165, 1.54) is 23.1 Å². The van der Waals surface area contributed by atoms with Crippen LogP contribution in [0.25, 0.3) is 0 Å². The molecule has 16 heteroatoms. The van der Waals surface area contributed by atoms with Crippen LogP contribution in [-0.2, 0) is 46.8 Å². The summed E-state index contributed by atoms with van der Waals surface area (Å²) in [5.41, 5.74) is -1.21. The van der Waals surface area contributed by atoms with Gasteiger partial charge in [0, 0.05) is 25.4 Å². The fourth-order valence-electron chi connectivity index (χ4n) is 6.50. The number of carbonyl (C=O) groups is 5. The number of hydrogen-bond acceptors (Lipinski definition) is 10. The summed E-state index contributed by atoms with van der Waals surface area (Å²) in [6.07, 6.45) is -0.275. The van der Waals surface area contributed by atoms with Crippen molar-refractivity contribution in [2.45, 2.75) is 101 Å². The zero-order valence-electron chi connectivity index (χ0n) is 30.3. The molecular weight excluding hydrogens is 711 g/mol. The molecule has 0 radical (unpaired) electrons. The Kier molecular flexibility index (Phi) is 10.8. The number of fused-ring (bicyclic) bond motifs is 1. The molecule has 0 bridgehead atoms.